The fourth-order valence-electron chi connectivity index (χ4n) is 1.91. The van der Waals surface area contributed by atoms with E-state index in [0.29, 0.717) is 10.8 Å². The molecular weight excluding hydrogens is 250 g/mol. The molecule has 2 heterocycles. The van der Waals surface area contributed by atoms with Crippen LogP contribution < -0.4 is 0 Å². The summed E-state index contributed by atoms with van der Waals surface area (Å²) in [4.78, 5) is 8.40. The largest absolute Gasteiger partial charge is 0.331 e. The van der Waals surface area contributed by atoms with Gasteiger partial charge in [-0.25, -0.2) is 9.97 Å². The van der Waals surface area contributed by atoms with Crippen molar-refractivity contribution in [1.29, 1.82) is 0 Å². The van der Waals surface area contributed by atoms with Crippen molar-refractivity contribution in [2.75, 3.05) is 0 Å². The number of halogens is 1. The molecule has 0 radical (unpaired) electrons. The number of rotatable bonds is 1. The topological polar surface area (TPSA) is 56.5 Å². The van der Waals surface area contributed by atoms with E-state index in [1.165, 1.54) is 6.33 Å². The van der Waals surface area contributed by atoms with Crippen molar-refractivity contribution in [2.45, 2.75) is 6.92 Å². The highest BCUT2D eigenvalue weighted by Crippen LogP contribution is 2.26. The Labute approximate surface area is 108 Å². The van der Waals surface area contributed by atoms with Crippen molar-refractivity contribution in [2.24, 2.45) is 7.05 Å². The molecule has 0 saturated heterocycles. The summed E-state index contributed by atoms with van der Waals surface area (Å²) < 4.78 is 2.04. The lowest BCUT2D eigenvalue weighted by Crippen LogP contribution is -1.92. The fourth-order valence-corrected chi connectivity index (χ4v) is 2.10. The molecule has 0 spiro atoms. The van der Waals surface area contributed by atoms with Gasteiger partial charge in [-0.05, 0) is 19.1 Å². The van der Waals surface area contributed by atoms with Gasteiger partial charge < -0.3 is 4.57 Å². The standard InChI is InChI=1S/C12H10ClN5/c1-7-16-9-5-8(3-4-10(9)18(7)2)11-12(13)14-6-15-17-11/h3-6H,1-2H3. The summed E-state index contributed by atoms with van der Waals surface area (Å²) in [5.41, 5.74) is 3.43. The van der Waals surface area contributed by atoms with Gasteiger partial charge >= 0.3 is 0 Å². The van der Waals surface area contributed by atoms with E-state index in [4.69, 9.17) is 11.6 Å². The molecule has 3 aromatic rings. The molecule has 6 heteroatoms. The SMILES string of the molecule is Cc1nc2cc(-c3nncnc3Cl)ccc2n1C. The van der Waals surface area contributed by atoms with E-state index < -0.39 is 0 Å². The molecule has 0 bridgehead atoms. The van der Waals surface area contributed by atoms with Gasteiger partial charge in [0.05, 0.1) is 11.0 Å². The third-order valence-electron chi connectivity index (χ3n) is 2.95. The van der Waals surface area contributed by atoms with Gasteiger partial charge in [0.2, 0.25) is 0 Å². The van der Waals surface area contributed by atoms with Crippen LogP contribution in [-0.2, 0) is 7.05 Å². The van der Waals surface area contributed by atoms with E-state index in [-0.39, 0.29) is 0 Å². The van der Waals surface area contributed by atoms with Gasteiger partial charge in [-0.3, -0.25) is 0 Å². The van der Waals surface area contributed by atoms with Crippen LogP contribution in [0.3, 0.4) is 0 Å². The zero-order valence-corrected chi connectivity index (χ0v) is 10.7. The molecule has 0 aliphatic rings. The Bertz CT molecular complexity index is 734. The molecule has 0 unspecified atom stereocenters. The molecule has 0 atom stereocenters. The second-order valence-corrected chi connectivity index (χ2v) is 4.38. The van der Waals surface area contributed by atoms with Crippen LogP contribution in [0.1, 0.15) is 5.82 Å². The predicted octanol–water partition coefficient (Wildman–Crippen LogP) is 2.39. The first kappa shape index (κ1) is 11.1. The van der Waals surface area contributed by atoms with E-state index in [0.717, 1.165) is 22.4 Å². The number of aryl methyl sites for hydroxylation is 2. The second-order valence-electron chi connectivity index (χ2n) is 4.02. The number of hydrogen-bond acceptors (Lipinski definition) is 4. The molecule has 0 saturated carbocycles. The minimum atomic E-state index is 0.344. The molecule has 1 aromatic carbocycles. The predicted molar refractivity (Wildman–Crippen MR) is 69.3 cm³/mol. The lowest BCUT2D eigenvalue weighted by Gasteiger charge is -2.01. The van der Waals surface area contributed by atoms with Crippen LogP contribution >= 0.6 is 11.6 Å². The zero-order chi connectivity index (χ0) is 12.7. The van der Waals surface area contributed by atoms with Crippen LogP contribution in [0.4, 0.5) is 0 Å². The molecule has 3 rings (SSSR count). The van der Waals surface area contributed by atoms with Crippen LogP contribution in [0.25, 0.3) is 22.3 Å². The second kappa shape index (κ2) is 4.03. The van der Waals surface area contributed by atoms with Gasteiger partial charge in [0.15, 0.2) is 5.15 Å². The summed E-state index contributed by atoms with van der Waals surface area (Å²) in [6, 6.07) is 5.89. The number of aromatic nitrogens is 5. The Kier molecular flexibility index (Phi) is 2.48. The molecule has 5 nitrogen and oxygen atoms in total. The highest BCUT2D eigenvalue weighted by Gasteiger charge is 2.10. The summed E-state index contributed by atoms with van der Waals surface area (Å²) in [6.07, 6.45) is 1.33. The molecule has 0 aliphatic heterocycles. The van der Waals surface area contributed by atoms with E-state index in [9.17, 15) is 0 Å². The first-order chi connectivity index (χ1) is 8.66. The van der Waals surface area contributed by atoms with Crippen molar-refractivity contribution < 1.29 is 0 Å². The first-order valence-electron chi connectivity index (χ1n) is 5.43. The Morgan fingerprint density at radius 3 is 2.89 bits per heavy atom. The molecule has 2 aromatic heterocycles. The Hall–Kier alpha value is -2.01. The Morgan fingerprint density at radius 1 is 1.28 bits per heavy atom. The summed E-state index contributed by atoms with van der Waals surface area (Å²) in [5.74, 6) is 0.963. The smallest absolute Gasteiger partial charge is 0.159 e. The van der Waals surface area contributed by atoms with E-state index >= 15 is 0 Å². The number of hydrogen-bond donors (Lipinski definition) is 0. The quantitative estimate of drug-likeness (QED) is 0.673. The molecule has 0 amide bonds. The van der Waals surface area contributed by atoms with Gasteiger partial charge in [-0.15, -0.1) is 10.2 Å². The average Bonchev–Trinajstić information content (AvgIpc) is 2.65. The maximum Gasteiger partial charge on any atom is 0.159 e. The number of imidazole rings is 1. The van der Waals surface area contributed by atoms with Gasteiger partial charge in [0, 0.05) is 12.6 Å². The summed E-state index contributed by atoms with van der Waals surface area (Å²) >= 11 is 6.01. The van der Waals surface area contributed by atoms with Crippen molar-refractivity contribution in [3.63, 3.8) is 0 Å². The normalized spacial score (nSPS) is 11.1. The highest BCUT2D eigenvalue weighted by atomic mass is 35.5. The molecule has 18 heavy (non-hydrogen) atoms. The van der Waals surface area contributed by atoms with Crippen molar-refractivity contribution >= 4 is 22.6 Å². The lowest BCUT2D eigenvalue weighted by molar-refractivity contribution is 0.886. The van der Waals surface area contributed by atoms with E-state index in [2.05, 4.69) is 20.2 Å². The molecule has 90 valence electrons. The Balaban J connectivity index is 2.23. The number of benzene rings is 1. The fraction of sp³-hybridized carbons (Fsp3) is 0.167. The molecule has 0 N–H and O–H groups in total. The van der Waals surface area contributed by atoms with Crippen LogP contribution in [0.2, 0.25) is 5.15 Å². The van der Waals surface area contributed by atoms with Gasteiger partial charge in [0.25, 0.3) is 0 Å². The minimum absolute atomic E-state index is 0.344. The van der Waals surface area contributed by atoms with Gasteiger partial charge in [-0.2, -0.15) is 0 Å². The van der Waals surface area contributed by atoms with Crippen molar-refractivity contribution in [1.82, 2.24) is 24.7 Å². The van der Waals surface area contributed by atoms with Gasteiger partial charge in [-0.1, -0.05) is 17.7 Å². The van der Waals surface area contributed by atoms with Crippen molar-refractivity contribution in [3.8, 4) is 11.3 Å². The van der Waals surface area contributed by atoms with Crippen LogP contribution in [0, 0.1) is 6.92 Å². The monoisotopic (exact) mass is 259 g/mol. The van der Waals surface area contributed by atoms with E-state index in [1.807, 2.05) is 36.7 Å². The number of fused-ring (bicyclic) bond motifs is 1. The summed E-state index contributed by atoms with van der Waals surface area (Å²) in [5, 5.41) is 8.10. The van der Waals surface area contributed by atoms with Crippen LogP contribution in [-0.4, -0.2) is 24.7 Å². The minimum Gasteiger partial charge on any atom is -0.331 e. The van der Waals surface area contributed by atoms with E-state index in [1.54, 1.807) is 0 Å². The molecule has 0 fully saturated rings. The third kappa shape index (κ3) is 1.64. The maximum absolute atomic E-state index is 6.01. The van der Waals surface area contributed by atoms with Gasteiger partial charge in [0.1, 0.15) is 17.8 Å². The first-order valence-corrected chi connectivity index (χ1v) is 5.81. The molecular formula is C12H10ClN5. The Morgan fingerprint density at radius 2 is 2.11 bits per heavy atom. The molecule has 0 aliphatic carbocycles. The summed E-state index contributed by atoms with van der Waals surface area (Å²) in [7, 11) is 1.99. The van der Waals surface area contributed by atoms with Crippen LogP contribution in [0.15, 0.2) is 24.5 Å². The summed E-state index contributed by atoms with van der Waals surface area (Å²) in [6.45, 7) is 1.97. The van der Waals surface area contributed by atoms with Crippen LogP contribution in [0.5, 0.6) is 0 Å². The average molecular weight is 260 g/mol. The zero-order valence-electron chi connectivity index (χ0n) is 9.92. The maximum atomic E-state index is 6.01. The highest BCUT2D eigenvalue weighted by molar-refractivity contribution is 6.31. The number of nitrogens with zero attached hydrogens (tertiary/aromatic N) is 5. The van der Waals surface area contributed by atoms with Crippen molar-refractivity contribution in [3.05, 3.63) is 35.5 Å². The lowest BCUT2D eigenvalue weighted by atomic mass is 10.1. The third-order valence-corrected chi connectivity index (χ3v) is 3.23.